The summed E-state index contributed by atoms with van der Waals surface area (Å²) >= 11 is -1.91. The molecule has 0 aliphatic carbocycles. The van der Waals surface area contributed by atoms with Gasteiger partial charge in [-0.3, -0.25) is 0 Å². The molecular weight excluding hydrogens is 443 g/mol. The third kappa shape index (κ3) is 3.78. The number of para-hydroxylation sites is 1. The van der Waals surface area contributed by atoms with Crippen LogP contribution in [-0.4, -0.2) is 26.3 Å². The van der Waals surface area contributed by atoms with Gasteiger partial charge in [0.1, 0.15) is 0 Å². The van der Waals surface area contributed by atoms with Gasteiger partial charge in [-0.05, 0) is 0 Å². The van der Waals surface area contributed by atoms with Crippen LogP contribution in [-0.2, 0) is 0 Å². The van der Waals surface area contributed by atoms with E-state index in [9.17, 15) is 0 Å². The van der Waals surface area contributed by atoms with Crippen LogP contribution in [0.15, 0.2) is 53.1 Å². The molecule has 156 valence electrons. The summed E-state index contributed by atoms with van der Waals surface area (Å²) in [6.45, 7) is 11.8. The quantitative estimate of drug-likeness (QED) is 0.301. The van der Waals surface area contributed by atoms with Crippen molar-refractivity contribution < 1.29 is 4.42 Å². The average molecular weight is 476 g/mol. The van der Waals surface area contributed by atoms with Gasteiger partial charge in [0, 0.05) is 0 Å². The fourth-order valence-corrected chi connectivity index (χ4v) is 8.28. The normalized spacial score (nSPS) is 13.0. The van der Waals surface area contributed by atoms with Crippen molar-refractivity contribution in [3.63, 3.8) is 0 Å². The number of furan rings is 1. The molecule has 0 N–H and O–H groups in total. The molecule has 0 bridgehead atoms. The van der Waals surface area contributed by atoms with Crippen LogP contribution in [0.3, 0.4) is 0 Å². The van der Waals surface area contributed by atoms with Gasteiger partial charge in [-0.15, -0.1) is 0 Å². The first-order valence-electron chi connectivity index (χ1n) is 10.9. The summed E-state index contributed by atoms with van der Waals surface area (Å²) in [4.78, 5) is 4.92. The van der Waals surface area contributed by atoms with Gasteiger partial charge in [-0.1, -0.05) is 0 Å². The summed E-state index contributed by atoms with van der Waals surface area (Å²) in [6, 6.07) is 15.6. The van der Waals surface area contributed by atoms with Gasteiger partial charge in [0.25, 0.3) is 0 Å². The molecule has 2 heterocycles. The number of pyridine rings is 1. The van der Waals surface area contributed by atoms with Gasteiger partial charge in [0.15, 0.2) is 0 Å². The Morgan fingerprint density at radius 2 is 1.67 bits per heavy atom. The number of fused-ring (bicyclic) bond motifs is 3. The Balaban J connectivity index is 1.94. The van der Waals surface area contributed by atoms with Crippen molar-refractivity contribution in [2.75, 3.05) is 0 Å². The number of hydrogen-bond acceptors (Lipinski definition) is 2. The third-order valence-corrected chi connectivity index (χ3v) is 12.3. The zero-order chi connectivity index (χ0) is 21.8. The molecule has 0 aliphatic heterocycles. The molecule has 30 heavy (non-hydrogen) atoms. The SMILES string of the molecule is CC(C)c1cc(-c2cccc3c2oc2c[c]([Ge]([CH3])([CH3])[CH3])ccc23)ncc1[Si](C)(C)C. The van der Waals surface area contributed by atoms with Crippen LogP contribution >= 0.6 is 0 Å². The van der Waals surface area contributed by atoms with E-state index in [4.69, 9.17) is 9.40 Å². The van der Waals surface area contributed by atoms with Gasteiger partial charge >= 0.3 is 184 Å². The molecule has 0 atom stereocenters. The maximum atomic E-state index is 6.47. The molecule has 4 heteroatoms. The van der Waals surface area contributed by atoms with E-state index < -0.39 is 21.3 Å². The first-order chi connectivity index (χ1) is 14.0. The Kier molecular flexibility index (Phi) is 5.26. The van der Waals surface area contributed by atoms with Crippen molar-refractivity contribution in [3.05, 3.63) is 54.2 Å². The molecule has 0 saturated carbocycles. The van der Waals surface area contributed by atoms with E-state index in [-0.39, 0.29) is 0 Å². The average Bonchev–Trinajstić information content (AvgIpc) is 3.04. The van der Waals surface area contributed by atoms with E-state index in [1.807, 2.05) is 0 Å². The van der Waals surface area contributed by atoms with Gasteiger partial charge < -0.3 is 0 Å². The molecule has 0 spiro atoms. The predicted octanol–water partition coefficient (Wildman–Crippen LogP) is 6.86. The van der Waals surface area contributed by atoms with Crippen LogP contribution in [0, 0.1) is 0 Å². The van der Waals surface area contributed by atoms with Crippen molar-refractivity contribution >= 4 is 52.9 Å². The van der Waals surface area contributed by atoms with Crippen LogP contribution in [0.2, 0.25) is 36.9 Å². The van der Waals surface area contributed by atoms with Crippen molar-refractivity contribution in [2.45, 2.75) is 56.7 Å². The van der Waals surface area contributed by atoms with Gasteiger partial charge in [0.2, 0.25) is 0 Å². The van der Waals surface area contributed by atoms with Gasteiger partial charge in [-0.2, -0.15) is 0 Å². The molecule has 2 aromatic heterocycles. The van der Waals surface area contributed by atoms with Crippen LogP contribution in [0.1, 0.15) is 25.3 Å². The third-order valence-electron chi connectivity index (χ3n) is 6.01. The molecule has 0 unspecified atom stereocenters. The number of rotatable bonds is 4. The van der Waals surface area contributed by atoms with Crippen LogP contribution in [0.25, 0.3) is 33.2 Å². The zero-order valence-corrected chi connectivity index (χ0v) is 22.6. The fourth-order valence-electron chi connectivity index (χ4n) is 4.19. The van der Waals surface area contributed by atoms with Crippen molar-refractivity contribution in [3.8, 4) is 11.3 Å². The topological polar surface area (TPSA) is 26.0 Å². The first-order valence-corrected chi connectivity index (χ1v) is 21.8. The zero-order valence-electron chi connectivity index (χ0n) is 19.6. The summed E-state index contributed by atoms with van der Waals surface area (Å²) in [5.41, 5.74) is 5.48. The second-order valence-electron chi connectivity index (χ2n) is 10.8. The molecule has 4 aromatic rings. The fraction of sp³-hybridized carbons (Fsp3) is 0.346. The molecule has 0 radical (unpaired) electrons. The minimum absolute atomic E-state index is 0.476. The molecule has 4 rings (SSSR count). The Labute approximate surface area is 184 Å². The van der Waals surface area contributed by atoms with E-state index in [2.05, 4.69) is 99.4 Å². The first kappa shape index (κ1) is 21.4. The van der Waals surface area contributed by atoms with Gasteiger partial charge in [-0.25, -0.2) is 0 Å². The van der Waals surface area contributed by atoms with E-state index in [1.54, 1.807) is 0 Å². The van der Waals surface area contributed by atoms with Crippen molar-refractivity contribution in [1.82, 2.24) is 4.98 Å². The van der Waals surface area contributed by atoms with Crippen molar-refractivity contribution in [2.24, 2.45) is 0 Å². The molecule has 2 aromatic carbocycles. The van der Waals surface area contributed by atoms with E-state index in [0.29, 0.717) is 5.92 Å². The van der Waals surface area contributed by atoms with E-state index in [0.717, 1.165) is 22.4 Å². The second-order valence-corrected chi connectivity index (χ2v) is 26.5. The second kappa shape index (κ2) is 7.38. The number of benzene rings is 2. The number of nitrogens with zero attached hydrogens (tertiary/aromatic N) is 1. The number of hydrogen-bond donors (Lipinski definition) is 0. The van der Waals surface area contributed by atoms with Crippen LogP contribution < -0.4 is 9.58 Å². The molecular formula is C26H33GeNOSi. The Bertz CT molecular complexity index is 1240. The molecule has 0 amide bonds. The summed E-state index contributed by atoms with van der Waals surface area (Å²) in [7, 11) is -1.45. The Morgan fingerprint density at radius 3 is 2.30 bits per heavy atom. The summed E-state index contributed by atoms with van der Waals surface area (Å²) in [5, 5.41) is 3.84. The molecule has 0 fully saturated rings. The van der Waals surface area contributed by atoms with E-state index in [1.165, 1.54) is 25.9 Å². The summed E-state index contributed by atoms with van der Waals surface area (Å²) in [6.07, 6.45) is 2.13. The summed E-state index contributed by atoms with van der Waals surface area (Å²) in [5.74, 6) is 7.75. The Morgan fingerprint density at radius 1 is 0.933 bits per heavy atom. The minimum atomic E-state index is -1.91. The number of aromatic nitrogens is 1. The van der Waals surface area contributed by atoms with Crippen LogP contribution in [0.4, 0.5) is 0 Å². The molecule has 0 saturated heterocycles. The van der Waals surface area contributed by atoms with Crippen molar-refractivity contribution in [1.29, 1.82) is 0 Å². The monoisotopic (exact) mass is 477 g/mol. The van der Waals surface area contributed by atoms with Crippen LogP contribution in [0.5, 0.6) is 0 Å². The predicted molar refractivity (Wildman–Crippen MR) is 137 cm³/mol. The standard InChI is InChI=1S/C26H33GeNOSi/c1-17(2)22-15-23(28-16-25(22)30(6,7)8)21-11-9-10-20-19-13-12-18(27(3,4)5)14-24(19)29-26(20)21/h9-17H,1-8H3. The Hall–Kier alpha value is -1.85. The van der Waals surface area contributed by atoms with Gasteiger partial charge in [0.05, 0.1) is 0 Å². The summed E-state index contributed by atoms with van der Waals surface area (Å²) < 4.78 is 7.95. The molecule has 0 aliphatic rings. The molecule has 2 nitrogen and oxygen atoms in total. The van der Waals surface area contributed by atoms with E-state index >= 15 is 0 Å². The maximum absolute atomic E-state index is 6.47.